The summed E-state index contributed by atoms with van der Waals surface area (Å²) < 4.78 is 34.7. The number of aliphatic carboxylic acids is 1. The molecule has 0 saturated heterocycles. The topological polar surface area (TPSA) is 159 Å². The van der Waals surface area contributed by atoms with Crippen molar-refractivity contribution in [3.63, 3.8) is 0 Å². The maximum atomic E-state index is 14.3. The molecule has 250 valence electrons. The summed E-state index contributed by atoms with van der Waals surface area (Å²) >= 11 is 0.995. The van der Waals surface area contributed by atoms with E-state index in [2.05, 4.69) is 14.6 Å². The Balaban J connectivity index is 0.00000625. The van der Waals surface area contributed by atoms with E-state index >= 15 is 0 Å². The number of rotatable bonds is 16. The van der Waals surface area contributed by atoms with Crippen LogP contribution in [0.15, 0.2) is 72.8 Å². The Labute approximate surface area is 303 Å². The number of benzene rings is 3. The summed E-state index contributed by atoms with van der Waals surface area (Å²) in [4.78, 5) is 29.3. The molecule has 0 aliphatic heterocycles. The molecule has 0 radical (unpaired) electrons. The molecule has 0 spiro atoms. The fourth-order valence-corrected chi connectivity index (χ4v) is 5.94. The standard InChI is InChI=1S/C34H37F2N3O7S.Na/c1-20(2)39-29(16-15-27(40)17-28(41)18-30(42)43)31(22-5-9-24(35)10-6-22)32(23-7-11-25(36)12-8-23)33(39)34(44)38-26-13-3-21(4-14-26)19-47-46-45-37;/h3-14,20,27-28,40-41H,15-19,37H2,1-2H3,(H,38,44)(H,42,43);/q;+1/p-1/t27-,28-;/m0./s1. The molecule has 2 atom stereocenters. The van der Waals surface area contributed by atoms with E-state index < -0.39 is 42.1 Å². The summed E-state index contributed by atoms with van der Waals surface area (Å²) in [6.45, 7) is 3.78. The number of carboxylic acid groups (broad SMARTS) is 1. The molecule has 0 unspecified atom stereocenters. The third-order valence-corrected chi connectivity index (χ3v) is 8.12. The molecule has 4 rings (SSSR count). The van der Waals surface area contributed by atoms with Crippen molar-refractivity contribution >= 4 is 29.6 Å². The zero-order chi connectivity index (χ0) is 34.1. The van der Waals surface area contributed by atoms with Gasteiger partial charge in [0.1, 0.15) is 17.3 Å². The van der Waals surface area contributed by atoms with E-state index in [0.717, 1.165) is 17.6 Å². The monoisotopic (exact) mass is 691 g/mol. The number of nitrogens with one attached hydrogen (secondary N) is 1. The van der Waals surface area contributed by atoms with E-state index in [1.54, 1.807) is 48.5 Å². The minimum Gasteiger partial charge on any atom is -0.550 e. The Bertz CT molecular complexity index is 1650. The van der Waals surface area contributed by atoms with Gasteiger partial charge in [-0.05, 0) is 86.2 Å². The van der Waals surface area contributed by atoms with Crippen LogP contribution in [0, 0.1) is 11.6 Å². The van der Waals surface area contributed by atoms with Crippen molar-refractivity contribution in [2.45, 2.75) is 63.5 Å². The number of amides is 1. The first-order valence-corrected chi connectivity index (χ1v) is 15.8. The van der Waals surface area contributed by atoms with Crippen LogP contribution in [0.1, 0.15) is 60.9 Å². The summed E-state index contributed by atoms with van der Waals surface area (Å²) in [7, 11) is 0. The number of aromatic nitrogens is 1. The van der Waals surface area contributed by atoms with E-state index in [4.69, 9.17) is 5.90 Å². The third kappa shape index (κ3) is 10.4. The first kappa shape index (κ1) is 39.3. The van der Waals surface area contributed by atoms with Crippen molar-refractivity contribution in [3.05, 3.63) is 101 Å². The van der Waals surface area contributed by atoms with E-state index in [-0.39, 0.29) is 60.6 Å². The number of nitrogens with zero attached hydrogens (tertiary/aromatic N) is 1. The Kier molecular flexibility index (Phi) is 15.2. The molecule has 3 aromatic carbocycles. The minimum absolute atomic E-state index is 0. The molecule has 48 heavy (non-hydrogen) atoms. The SMILES string of the molecule is CC(C)n1c(CC[C@H](O)C[C@H](O)CC(=O)[O-])c(-c2ccc(F)cc2)c(-c2ccc(F)cc2)c1C(=O)Nc1ccc(CSOON)cc1.[Na+]. The molecule has 14 heteroatoms. The van der Waals surface area contributed by atoms with Gasteiger partial charge in [-0.3, -0.25) is 4.79 Å². The minimum atomic E-state index is -1.43. The number of hydrogen-bond donors (Lipinski definition) is 4. The number of carbonyl (C=O) groups excluding carboxylic acids is 2. The second kappa shape index (κ2) is 18.6. The van der Waals surface area contributed by atoms with Crippen LogP contribution in [0.25, 0.3) is 22.3 Å². The molecule has 0 aliphatic carbocycles. The zero-order valence-corrected chi connectivity index (χ0v) is 29.6. The van der Waals surface area contributed by atoms with Gasteiger partial charge in [-0.2, -0.15) is 5.90 Å². The van der Waals surface area contributed by atoms with Crippen molar-refractivity contribution in [1.82, 2.24) is 4.57 Å². The van der Waals surface area contributed by atoms with Gasteiger partial charge in [0.2, 0.25) is 0 Å². The number of nitrogens with two attached hydrogens (primary N) is 1. The summed E-state index contributed by atoms with van der Waals surface area (Å²) in [5, 5.41) is 34.7. The van der Waals surface area contributed by atoms with Crippen molar-refractivity contribution in [1.29, 1.82) is 0 Å². The van der Waals surface area contributed by atoms with Crippen molar-refractivity contribution in [2.24, 2.45) is 5.90 Å². The predicted octanol–water partition coefficient (Wildman–Crippen LogP) is 2.09. The average molecular weight is 692 g/mol. The average Bonchev–Trinajstić information content (AvgIpc) is 3.37. The van der Waals surface area contributed by atoms with Crippen LogP contribution in [0.2, 0.25) is 0 Å². The van der Waals surface area contributed by atoms with E-state index in [9.17, 15) is 33.7 Å². The molecule has 5 N–H and O–H groups in total. The molecule has 1 aromatic heterocycles. The molecule has 1 heterocycles. The number of aliphatic hydroxyl groups is 2. The fraction of sp³-hybridized carbons (Fsp3) is 0.294. The Hall–Kier alpha value is -3.11. The van der Waals surface area contributed by atoms with E-state index in [0.29, 0.717) is 39.4 Å². The molecule has 0 fully saturated rings. The van der Waals surface area contributed by atoms with Gasteiger partial charge in [-0.15, -0.1) is 9.32 Å². The van der Waals surface area contributed by atoms with Gasteiger partial charge >= 0.3 is 29.6 Å². The van der Waals surface area contributed by atoms with Gasteiger partial charge in [-0.25, -0.2) is 8.78 Å². The van der Waals surface area contributed by atoms with Crippen molar-refractivity contribution < 1.29 is 72.6 Å². The molecular formula is C34H36F2N3NaO7S. The van der Waals surface area contributed by atoms with Gasteiger partial charge < -0.3 is 30.0 Å². The quantitative estimate of drug-likeness (QED) is 0.0454. The molecule has 1 amide bonds. The summed E-state index contributed by atoms with van der Waals surface area (Å²) in [6.07, 6.45) is -2.88. The number of carbonyl (C=O) groups is 2. The fourth-order valence-electron chi connectivity index (χ4n) is 5.51. The normalized spacial score (nSPS) is 12.4. The van der Waals surface area contributed by atoms with Gasteiger partial charge in [0.05, 0.1) is 12.2 Å². The number of anilines is 1. The smallest absolute Gasteiger partial charge is 0.550 e. The van der Waals surface area contributed by atoms with Crippen LogP contribution in [-0.4, -0.2) is 38.9 Å². The first-order chi connectivity index (χ1) is 22.5. The third-order valence-electron chi connectivity index (χ3n) is 7.49. The van der Waals surface area contributed by atoms with Gasteiger partial charge in [-0.1, -0.05) is 36.4 Å². The van der Waals surface area contributed by atoms with Gasteiger partial charge in [0.25, 0.3) is 5.91 Å². The molecule has 10 nitrogen and oxygen atoms in total. The van der Waals surface area contributed by atoms with Crippen LogP contribution in [-0.2, 0) is 26.3 Å². The van der Waals surface area contributed by atoms with Crippen LogP contribution in [0.4, 0.5) is 14.5 Å². The van der Waals surface area contributed by atoms with Gasteiger partial charge in [0.15, 0.2) is 0 Å². The number of halogens is 2. The molecule has 0 bridgehead atoms. The predicted molar refractivity (Wildman–Crippen MR) is 172 cm³/mol. The summed E-state index contributed by atoms with van der Waals surface area (Å²) in [5.74, 6) is 2.50. The first-order valence-electron chi connectivity index (χ1n) is 14.9. The summed E-state index contributed by atoms with van der Waals surface area (Å²) in [5.41, 5.74) is 4.49. The van der Waals surface area contributed by atoms with E-state index in [1.807, 2.05) is 18.4 Å². The largest absolute Gasteiger partial charge is 1.00 e. The molecule has 0 aliphatic rings. The van der Waals surface area contributed by atoms with Gasteiger partial charge in [0, 0.05) is 58.7 Å². The maximum absolute atomic E-state index is 14.3. The molecule has 4 aromatic rings. The second-order valence-electron chi connectivity index (χ2n) is 11.3. The second-order valence-corrected chi connectivity index (χ2v) is 11.9. The number of carboxylic acids is 1. The number of hydrogen-bond acceptors (Lipinski definition) is 9. The van der Waals surface area contributed by atoms with Crippen molar-refractivity contribution in [2.75, 3.05) is 5.32 Å². The Morgan fingerprint density at radius 2 is 1.48 bits per heavy atom. The Morgan fingerprint density at radius 3 is 2.00 bits per heavy atom. The van der Waals surface area contributed by atoms with Crippen LogP contribution >= 0.6 is 12.0 Å². The van der Waals surface area contributed by atoms with Crippen molar-refractivity contribution in [3.8, 4) is 22.3 Å². The van der Waals surface area contributed by atoms with Crippen LogP contribution in [0.5, 0.6) is 0 Å². The van der Waals surface area contributed by atoms with E-state index in [1.165, 1.54) is 24.3 Å². The number of aliphatic hydroxyl groups excluding tert-OH is 2. The van der Waals surface area contributed by atoms with Crippen LogP contribution in [0.3, 0.4) is 0 Å². The summed E-state index contributed by atoms with van der Waals surface area (Å²) in [6, 6.07) is 18.3. The van der Waals surface area contributed by atoms with Crippen LogP contribution < -0.4 is 45.9 Å². The molecule has 0 saturated carbocycles. The zero-order valence-electron chi connectivity index (χ0n) is 26.8. The maximum Gasteiger partial charge on any atom is 1.00 e. The molecular weight excluding hydrogens is 655 g/mol. The Morgan fingerprint density at radius 1 is 0.917 bits per heavy atom.